The SMILES string of the molecule is CCNC(=O)Nc1cccc(Cn2nc(-c3cccc(OCCCN4CCOCC4)c3)ccc2=O)c1.[HH].[HH]. The molecule has 9 heteroatoms. The van der Waals surface area contributed by atoms with Gasteiger partial charge in [0.05, 0.1) is 32.1 Å². The number of aromatic nitrogens is 2. The Hall–Kier alpha value is -3.69. The molecule has 0 unspecified atom stereocenters. The Morgan fingerprint density at radius 2 is 1.94 bits per heavy atom. The van der Waals surface area contributed by atoms with E-state index >= 15 is 0 Å². The molecule has 0 atom stereocenters. The number of amides is 2. The summed E-state index contributed by atoms with van der Waals surface area (Å²) in [5.74, 6) is 0.776. The quantitative estimate of drug-likeness (QED) is 0.417. The summed E-state index contributed by atoms with van der Waals surface area (Å²) in [7, 11) is 0. The van der Waals surface area contributed by atoms with Gasteiger partial charge in [-0.25, -0.2) is 9.48 Å². The number of nitrogens with zero attached hydrogens (tertiary/aromatic N) is 3. The van der Waals surface area contributed by atoms with Gasteiger partial charge in [0.25, 0.3) is 5.56 Å². The van der Waals surface area contributed by atoms with E-state index in [2.05, 4.69) is 20.6 Å². The van der Waals surface area contributed by atoms with Gasteiger partial charge in [-0.05, 0) is 49.2 Å². The van der Waals surface area contributed by atoms with E-state index in [1.165, 1.54) is 10.7 Å². The van der Waals surface area contributed by atoms with Crippen molar-refractivity contribution in [2.75, 3.05) is 51.3 Å². The lowest BCUT2D eigenvalue weighted by atomic mass is 10.1. The molecule has 3 aromatic rings. The third-order valence-corrected chi connectivity index (χ3v) is 5.84. The molecule has 1 saturated heterocycles. The molecule has 4 rings (SSSR count). The van der Waals surface area contributed by atoms with E-state index in [9.17, 15) is 9.59 Å². The fourth-order valence-electron chi connectivity index (χ4n) is 4.02. The van der Waals surface area contributed by atoms with Crippen LogP contribution in [0.4, 0.5) is 10.5 Å². The summed E-state index contributed by atoms with van der Waals surface area (Å²) in [6.07, 6.45) is 0.946. The average Bonchev–Trinajstić information content (AvgIpc) is 2.89. The second-order valence-corrected chi connectivity index (χ2v) is 8.58. The molecule has 2 aromatic carbocycles. The van der Waals surface area contributed by atoms with Gasteiger partial charge in [0.1, 0.15) is 5.75 Å². The zero-order valence-electron chi connectivity index (χ0n) is 20.6. The number of ether oxygens (including phenoxy) is 2. The summed E-state index contributed by atoms with van der Waals surface area (Å²) < 4.78 is 12.8. The first kappa shape index (κ1) is 25.4. The van der Waals surface area contributed by atoms with Crippen molar-refractivity contribution in [3.63, 3.8) is 0 Å². The molecule has 2 heterocycles. The molecule has 1 aliphatic heterocycles. The number of benzene rings is 2. The molecule has 2 N–H and O–H groups in total. The van der Waals surface area contributed by atoms with Crippen LogP contribution in [0.5, 0.6) is 5.75 Å². The van der Waals surface area contributed by atoms with Crippen LogP contribution in [0.2, 0.25) is 0 Å². The molecule has 2 amide bonds. The molecule has 9 nitrogen and oxygen atoms in total. The fraction of sp³-hybridized carbons (Fsp3) is 0.370. The van der Waals surface area contributed by atoms with Crippen LogP contribution in [0, 0.1) is 0 Å². The van der Waals surface area contributed by atoms with Crippen LogP contribution >= 0.6 is 0 Å². The van der Waals surface area contributed by atoms with E-state index < -0.39 is 0 Å². The largest absolute Gasteiger partial charge is 0.494 e. The van der Waals surface area contributed by atoms with E-state index in [0.29, 0.717) is 24.5 Å². The van der Waals surface area contributed by atoms with Crippen molar-refractivity contribution in [1.29, 1.82) is 0 Å². The van der Waals surface area contributed by atoms with Gasteiger partial charge in [0.2, 0.25) is 0 Å². The Morgan fingerprint density at radius 1 is 1.11 bits per heavy atom. The van der Waals surface area contributed by atoms with Crippen LogP contribution < -0.4 is 20.9 Å². The maximum Gasteiger partial charge on any atom is 0.319 e. The van der Waals surface area contributed by atoms with Gasteiger partial charge >= 0.3 is 6.03 Å². The lowest BCUT2D eigenvalue weighted by Gasteiger charge is -2.26. The number of urea groups is 1. The molecule has 1 aromatic heterocycles. The minimum absolute atomic E-state index is 0. The lowest BCUT2D eigenvalue weighted by molar-refractivity contribution is 0.0358. The van der Waals surface area contributed by atoms with Crippen LogP contribution in [-0.4, -0.2) is 66.7 Å². The third-order valence-electron chi connectivity index (χ3n) is 5.84. The number of anilines is 1. The molecule has 36 heavy (non-hydrogen) atoms. The van der Waals surface area contributed by atoms with Crippen molar-refractivity contribution in [3.05, 3.63) is 76.6 Å². The van der Waals surface area contributed by atoms with Crippen LogP contribution in [0.25, 0.3) is 11.3 Å². The monoisotopic (exact) mass is 495 g/mol. The molecule has 0 aliphatic carbocycles. The van der Waals surface area contributed by atoms with Crippen molar-refractivity contribution in [3.8, 4) is 17.0 Å². The maximum atomic E-state index is 12.5. The van der Waals surface area contributed by atoms with Gasteiger partial charge in [-0.1, -0.05) is 24.3 Å². The van der Waals surface area contributed by atoms with Crippen molar-refractivity contribution in [2.45, 2.75) is 19.9 Å². The van der Waals surface area contributed by atoms with E-state index in [1.807, 2.05) is 49.4 Å². The second-order valence-electron chi connectivity index (χ2n) is 8.58. The topological polar surface area (TPSA) is 97.7 Å². The van der Waals surface area contributed by atoms with Crippen molar-refractivity contribution < 1.29 is 17.1 Å². The number of nitrogens with one attached hydrogen (secondary N) is 2. The summed E-state index contributed by atoms with van der Waals surface area (Å²) >= 11 is 0. The number of carbonyl (C=O) groups excluding carboxylic acids is 1. The standard InChI is InChI=1S/C27H33N5O4.2H2/c1-2-28-27(34)29-23-8-3-6-21(18-23)20-32-26(33)11-10-25(30-32)22-7-4-9-24(19-22)36-15-5-12-31-13-16-35-17-14-31;;/h3-4,6-11,18-19H,2,5,12-17,20H2,1H3,(H2,28,29,34);2*1H. The summed E-state index contributed by atoms with van der Waals surface area (Å²) in [6.45, 7) is 7.87. The summed E-state index contributed by atoms with van der Waals surface area (Å²) in [6, 6.07) is 18.1. The third kappa shape index (κ3) is 7.40. The zero-order chi connectivity index (χ0) is 25.2. The van der Waals surface area contributed by atoms with E-state index in [4.69, 9.17) is 9.47 Å². The molecule has 1 aliphatic rings. The minimum Gasteiger partial charge on any atom is -0.494 e. The first-order valence-electron chi connectivity index (χ1n) is 12.4. The molecular weight excluding hydrogens is 458 g/mol. The average molecular weight is 496 g/mol. The smallest absolute Gasteiger partial charge is 0.319 e. The van der Waals surface area contributed by atoms with Gasteiger partial charge in [0.15, 0.2) is 0 Å². The number of rotatable bonds is 10. The molecular formula is C27H37N5O4. The van der Waals surface area contributed by atoms with E-state index in [0.717, 1.165) is 56.1 Å². The lowest BCUT2D eigenvalue weighted by Crippen LogP contribution is -2.37. The normalized spacial score (nSPS) is 13.8. The van der Waals surface area contributed by atoms with Crippen LogP contribution in [0.15, 0.2) is 65.5 Å². The molecule has 1 fully saturated rings. The minimum atomic E-state index is -0.268. The Morgan fingerprint density at radius 3 is 2.78 bits per heavy atom. The fourth-order valence-corrected chi connectivity index (χ4v) is 4.02. The van der Waals surface area contributed by atoms with Crippen molar-refractivity contribution in [1.82, 2.24) is 20.0 Å². The first-order valence-corrected chi connectivity index (χ1v) is 12.4. The molecule has 0 saturated carbocycles. The zero-order valence-corrected chi connectivity index (χ0v) is 20.6. The second kappa shape index (κ2) is 12.9. The Balaban J connectivity index is 0.00000253. The predicted octanol–water partition coefficient (Wildman–Crippen LogP) is 3.69. The van der Waals surface area contributed by atoms with Crippen LogP contribution in [0.3, 0.4) is 0 Å². The van der Waals surface area contributed by atoms with Gasteiger partial charge in [0, 0.05) is 46.3 Å². The molecule has 0 radical (unpaired) electrons. The maximum absolute atomic E-state index is 12.5. The van der Waals surface area contributed by atoms with Crippen LogP contribution in [-0.2, 0) is 11.3 Å². The molecule has 0 bridgehead atoms. The van der Waals surface area contributed by atoms with Gasteiger partial charge < -0.3 is 20.1 Å². The molecule has 0 spiro atoms. The summed E-state index contributed by atoms with van der Waals surface area (Å²) in [4.78, 5) is 26.7. The summed E-state index contributed by atoms with van der Waals surface area (Å²) in [5.41, 5.74) is 2.87. The van der Waals surface area contributed by atoms with E-state index in [1.54, 1.807) is 12.1 Å². The van der Waals surface area contributed by atoms with E-state index in [-0.39, 0.29) is 21.0 Å². The number of carbonyl (C=O) groups is 1. The Labute approximate surface area is 214 Å². The highest BCUT2D eigenvalue weighted by Gasteiger charge is 2.10. The Bertz CT molecular complexity index is 1220. The van der Waals surface area contributed by atoms with Gasteiger partial charge in [-0.15, -0.1) is 0 Å². The summed E-state index contributed by atoms with van der Waals surface area (Å²) in [5, 5.41) is 10.1. The number of morpholine rings is 1. The number of hydrogen-bond donors (Lipinski definition) is 2. The highest BCUT2D eigenvalue weighted by Crippen LogP contribution is 2.22. The van der Waals surface area contributed by atoms with Gasteiger partial charge in [-0.3, -0.25) is 9.69 Å². The first-order chi connectivity index (χ1) is 17.6. The highest BCUT2D eigenvalue weighted by molar-refractivity contribution is 5.89. The predicted molar refractivity (Wildman–Crippen MR) is 144 cm³/mol. The van der Waals surface area contributed by atoms with Gasteiger partial charge in [-0.2, -0.15) is 5.10 Å². The number of hydrogen-bond acceptors (Lipinski definition) is 6. The molecule has 194 valence electrons. The van der Waals surface area contributed by atoms with Crippen LogP contribution in [0.1, 0.15) is 21.8 Å². The Kier molecular flexibility index (Phi) is 9.07. The van der Waals surface area contributed by atoms with Crippen molar-refractivity contribution >= 4 is 11.7 Å². The van der Waals surface area contributed by atoms with Crippen molar-refractivity contribution in [2.24, 2.45) is 0 Å². The highest BCUT2D eigenvalue weighted by atomic mass is 16.5.